The van der Waals surface area contributed by atoms with E-state index >= 15 is 0 Å². The van der Waals surface area contributed by atoms with Crippen LogP contribution in [0.3, 0.4) is 0 Å². The number of amides is 1. The lowest BCUT2D eigenvalue weighted by Crippen LogP contribution is -2.22. The van der Waals surface area contributed by atoms with Crippen molar-refractivity contribution in [3.05, 3.63) is 59.2 Å². The molecule has 1 amide bonds. The topological polar surface area (TPSA) is 79.5 Å². The van der Waals surface area contributed by atoms with Crippen molar-refractivity contribution in [2.45, 2.75) is 51.5 Å². The maximum absolute atomic E-state index is 12.3. The van der Waals surface area contributed by atoms with Gasteiger partial charge in [0, 0.05) is 17.3 Å². The number of halogens is 1. The van der Waals surface area contributed by atoms with E-state index in [9.17, 15) is 4.79 Å². The molecule has 4 rings (SSSR count). The Bertz CT molecular complexity index is 890. The van der Waals surface area contributed by atoms with Gasteiger partial charge in [-0.2, -0.15) is 0 Å². The van der Waals surface area contributed by atoms with Gasteiger partial charge in [0.15, 0.2) is 5.96 Å². The van der Waals surface area contributed by atoms with E-state index < -0.39 is 0 Å². The minimum atomic E-state index is 0. The zero-order chi connectivity index (χ0) is 19.3. The van der Waals surface area contributed by atoms with Crippen LogP contribution in [0.5, 0.6) is 0 Å². The first-order valence-electron chi connectivity index (χ1n) is 10.3. The number of carbonyl (C=O) groups excluding carboxylic acids is 1. The first-order chi connectivity index (χ1) is 13.7. The molecule has 0 atom stereocenters. The van der Waals surface area contributed by atoms with E-state index in [0.29, 0.717) is 12.5 Å². The van der Waals surface area contributed by atoms with E-state index in [1.165, 1.54) is 24.0 Å². The van der Waals surface area contributed by atoms with Crippen LogP contribution in [0.15, 0.2) is 47.5 Å². The third kappa shape index (κ3) is 5.72. The van der Waals surface area contributed by atoms with E-state index in [1.807, 2.05) is 24.3 Å². The minimum absolute atomic E-state index is 0. The van der Waals surface area contributed by atoms with Gasteiger partial charge in [0.2, 0.25) is 5.91 Å². The standard InChI is InChI=1S/C23H28N4O.HI/c24-23(27-21-12-11-17-8-4-9-19(17)14-21)25-15-16-5-3-10-20(13-16)26-22(28)18-6-1-2-7-18;/h3,5,10-14,18H,1-2,4,6-9,15H2,(H,26,28)(H3,24,25,27);1H. The van der Waals surface area contributed by atoms with Crippen LogP contribution in [-0.2, 0) is 24.2 Å². The summed E-state index contributed by atoms with van der Waals surface area (Å²) in [5.41, 5.74) is 11.7. The van der Waals surface area contributed by atoms with Gasteiger partial charge in [-0.3, -0.25) is 4.79 Å². The average Bonchev–Trinajstić information content (AvgIpc) is 3.38. The largest absolute Gasteiger partial charge is 0.370 e. The van der Waals surface area contributed by atoms with Crippen LogP contribution >= 0.6 is 24.0 Å². The SMILES string of the molecule is I.NC(=NCc1cccc(NC(=O)C2CCCC2)c1)Nc1ccc2c(c1)CCC2. The number of nitrogens with zero attached hydrogens (tertiary/aromatic N) is 1. The first-order valence-corrected chi connectivity index (χ1v) is 10.3. The number of fused-ring (bicyclic) bond motifs is 1. The number of benzene rings is 2. The van der Waals surface area contributed by atoms with Crippen molar-refractivity contribution < 1.29 is 4.79 Å². The summed E-state index contributed by atoms with van der Waals surface area (Å²) >= 11 is 0. The summed E-state index contributed by atoms with van der Waals surface area (Å²) in [6.45, 7) is 0.469. The number of aryl methyl sites for hydroxylation is 2. The molecular formula is C23H29IN4O. The molecule has 154 valence electrons. The molecule has 2 aliphatic carbocycles. The quantitative estimate of drug-likeness (QED) is 0.310. The smallest absolute Gasteiger partial charge is 0.227 e. The van der Waals surface area contributed by atoms with Crippen LogP contribution in [0.4, 0.5) is 11.4 Å². The van der Waals surface area contributed by atoms with Gasteiger partial charge in [-0.05, 0) is 73.1 Å². The van der Waals surface area contributed by atoms with Crippen LogP contribution in [0.1, 0.15) is 48.8 Å². The van der Waals surface area contributed by atoms with Crippen molar-refractivity contribution in [2.75, 3.05) is 10.6 Å². The van der Waals surface area contributed by atoms with E-state index in [2.05, 4.69) is 33.8 Å². The number of carbonyl (C=O) groups is 1. The predicted molar refractivity (Wildman–Crippen MR) is 130 cm³/mol. The molecule has 2 aromatic rings. The van der Waals surface area contributed by atoms with E-state index in [4.69, 9.17) is 5.73 Å². The maximum atomic E-state index is 12.3. The zero-order valence-corrected chi connectivity index (χ0v) is 18.9. The Labute approximate surface area is 189 Å². The molecule has 1 fully saturated rings. The molecule has 0 saturated heterocycles. The van der Waals surface area contributed by atoms with Crippen molar-refractivity contribution in [3.8, 4) is 0 Å². The summed E-state index contributed by atoms with van der Waals surface area (Å²) in [6.07, 6.45) is 7.86. The predicted octanol–water partition coefficient (Wildman–Crippen LogP) is 4.85. The van der Waals surface area contributed by atoms with Gasteiger partial charge < -0.3 is 16.4 Å². The number of hydrogen-bond donors (Lipinski definition) is 3. The normalized spacial score (nSPS) is 16.2. The summed E-state index contributed by atoms with van der Waals surface area (Å²) in [5, 5.41) is 6.23. The maximum Gasteiger partial charge on any atom is 0.227 e. The van der Waals surface area contributed by atoms with Crippen LogP contribution < -0.4 is 16.4 Å². The highest BCUT2D eigenvalue weighted by Crippen LogP contribution is 2.26. The van der Waals surface area contributed by atoms with Crippen molar-refractivity contribution >= 4 is 47.2 Å². The minimum Gasteiger partial charge on any atom is -0.370 e. The summed E-state index contributed by atoms with van der Waals surface area (Å²) in [5.74, 6) is 0.697. The first kappa shape index (κ1) is 21.6. The molecule has 0 aliphatic heterocycles. The van der Waals surface area contributed by atoms with Gasteiger partial charge in [-0.15, -0.1) is 24.0 Å². The number of anilines is 2. The third-order valence-electron chi connectivity index (χ3n) is 5.72. The molecular weight excluding hydrogens is 475 g/mol. The molecule has 0 unspecified atom stereocenters. The number of rotatable bonds is 5. The summed E-state index contributed by atoms with van der Waals surface area (Å²) in [6, 6.07) is 14.2. The molecule has 29 heavy (non-hydrogen) atoms. The lowest BCUT2D eigenvalue weighted by molar-refractivity contribution is -0.119. The van der Waals surface area contributed by atoms with Crippen molar-refractivity contribution in [2.24, 2.45) is 16.6 Å². The zero-order valence-electron chi connectivity index (χ0n) is 16.6. The Balaban J connectivity index is 0.00000240. The molecule has 2 aliphatic rings. The fraction of sp³-hybridized carbons (Fsp3) is 0.391. The third-order valence-corrected chi connectivity index (χ3v) is 5.72. The average molecular weight is 504 g/mol. The highest BCUT2D eigenvalue weighted by atomic mass is 127. The van der Waals surface area contributed by atoms with Crippen LogP contribution in [-0.4, -0.2) is 11.9 Å². The fourth-order valence-corrected chi connectivity index (χ4v) is 4.19. The fourth-order valence-electron chi connectivity index (χ4n) is 4.19. The Hall–Kier alpha value is -2.09. The summed E-state index contributed by atoms with van der Waals surface area (Å²) < 4.78 is 0. The second-order valence-electron chi connectivity index (χ2n) is 7.83. The van der Waals surface area contributed by atoms with Gasteiger partial charge in [0.1, 0.15) is 0 Å². The monoisotopic (exact) mass is 504 g/mol. The highest BCUT2D eigenvalue weighted by molar-refractivity contribution is 14.0. The number of aliphatic imine (C=N–C) groups is 1. The Kier molecular flexibility index (Phi) is 7.52. The molecule has 0 bridgehead atoms. The Morgan fingerprint density at radius 3 is 2.55 bits per heavy atom. The van der Waals surface area contributed by atoms with Crippen LogP contribution in [0, 0.1) is 5.92 Å². The van der Waals surface area contributed by atoms with Crippen molar-refractivity contribution in [1.82, 2.24) is 0 Å². The summed E-state index contributed by atoms with van der Waals surface area (Å²) in [7, 11) is 0. The molecule has 0 heterocycles. The lowest BCUT2D eigenvalue weighted by atomic mass is 10.1. The highest BCUT2D eigenvalue weighted by Gasteiger charge is 2.22. The van der Waals surface area contributed by atoms with Gasteiger partial charge in [0.05, 0.1) is 6.54 Å². The molecule has 0 spiro atoms. The van der Waals surface area contributed by atoms with Gasteiger partial charge in [-0.25, -0.2) is 4.99 Å². The number of nitrogens with two attached hydrogens (primary N) is 1. The molecule has 6 heteroatoms. The van der Waals surface area contributed by atoms with E-state index in [1.54, 1.807) is 0 Å². The molecule has 2 aromatic carbocycles. The molecule has 0 radical (unpaired) electrons. The van der Waals surface area contributed by atoms with Crippen molar-refractivity contribution in [1.29, 1.82) is 0 Å². The van der Waals surface area contributed by atoms with Gasteiger partial charge in [-0.1, -0.05) is 31.0 Å². The molecule has 5 nitrogen and oxygen atoms in total. The molecule has 1 saturated carbocycles. The number of guanidine groups is 1. The van der Waals surface area contributed by atoms with E-state index in [-0.39, 0.29) is 35.8 Å². The van der Waals surface area contributed by atoms with Crippen LogP contribution in [0.2, 0.25) is 0 Å². The number of nitrogens with one attached hydrogen (secondary N) is 2. The van der Waals surface area contributed by atoms with Crippen LogP contribution in [0.25, 0.3) is 0 Å². The molecule has 4 N–H and O–H groups in total. The second kappa shape index (κ2) is 10.1. The Morgan fingerprint density at radius 1 is 0.966 bits per heavy atom. The van der Waals surface area contributed by atoms with Gasteiger partial charge in [0.25, 0.3) is 0 Å². The summed E-state index contributed by atoms with van der Waals surface area (Å²) in [4.78, 5) is 16.8. The number of hydrogen-bond acceptors (Lipinski definition) is 2. The second-order valence-corrected chi connectivity index (χ2v) is 7.83. The molecule has 0 aromatic heterocycles. The van der Waals surface area contributed by atoms with Gasteiger partial charge >= 0.3 is 0 Å². The Morgan fingerprint density at radius 2 is 1.72 bits per heavy atom. The van der Waals surface area contributed by atoms with Crippen molar-refractivity contribution in [3.63, 3.8) is 0 Å². The lowest BCUT2D eigenvalue weighted by Gasteiger charge is -2.11. The van der Waals surface area contributed by atoms with E-state index in [0.717, 1.165) is 49.0 Å².